The van der Waals surface area contributed by atoms with Gasteiger partial charge in [0.1, 0.15) is 17.1 Å². The fourth-order valence-corrected chi connectivity index (χ4v) is 4.99. The van der Waals surface area contributed by atoms with Crippen LogP contribution in [-0.4, -0.2) is 87.6 Å². The Hall–Kier alpha value is -4.33. The number of aromatic nitrogens is 2. The van der Waals surface area contributed by atoms with Crippen molar-refractivity contribution in [1.29, 1.82) is 0 Å². The molecule has 1 aromatic carbocycles. The van der Waals surface area contributed by atoms with Crippen LogP contribution in [0.5, 0.6) is 0 Å². The minimum absolute atomic E-state index is 0. The van der Waals surface area contributed by atoms with Crippen molar-refractivity contribution in [3.63, 3.8) is 0 Å². The highest BCUT2D eigenvalue weighted by Gasteiger charge is 2.31. The largest absolute Gasteiger partial charge is 0.492 e. The lowest BCUT2D eigenvalue weighted by molar-refractivity contribution is 0.0694. The molecule has 0 radical (unpaired) electrons. The van der Waals surface area contributed by atoms with E-state index in [2.05, 4.69) is 4.90 Å². The third kappa shape index (κ3) is 5.78. The number of hydrogen-bond acceptors (Lipinski definition) is 8. The van der Waals surface area contributed by atoms with Crippen molar-refractivity contribution in [3.8, 4) is 0 Å². The van der Waals surface area contributed by atoms with E-state index in [1.807, 2.05) is 18.9 Å². The number of aliphatic hydroxyl groups excluding tert-OH is 1. The van der Waals surface area contributed by atoms with Crippen molar-refractivity contribution in [2.75, 3.05) is 45.2 Å². The van der Waals surface area contributed by atoms with Crippen LogP contribution >= 0.6 is 0 Å². The summed E-state index contributed by atoms with van der Waals surface area (Å²) < 4.78 is 22.7. The minimum Gasteiger partial charge on any atom is -0.492 e. The molecule has 1 aliphatic heterocycles. The van der Waals surface area contributed by atoms with Crippen LogP contribution in [0.4, 0.5) is 10.1 Å². The number of anilines is 1. The molecule has 13 heteroatoms. The summed E-state index contributed by atoms with van der Waals surface area (Å²) in [5, 5.41) is 18.4. The van der Waals surface area contributed by atoms with Crippen LogP contribution in [-0.2, 0) is 24.9 Å². The van der Waals surface area contributed by atoms with Gasteiger partial charge >= 0.3 is 5.97 Å². The molecule has 41 heavy (non-hydrogen) atoms. The molecule has 1 fully saturated rings. The molecule has 0 bridgehead atoms. The predicted molar refractivity (Wildman–Crippen MR) is 149 cm³/mol. The number of allylic oxidation sites excluding steroid dienone is 2. The third-order valence-corrected chi connectivity index (χ3v) is 7.16. The van der Waals surface area contributed by atoms with E-state index in [1.165, 1.54) is 25.4 Å². The van der Waals surface area contributed by atoms with E-state index in [-0.39, 0.29) is 45.9 Å². The Labute approximate surface area is 234 Å². The minimum atomic E-state index is -1.30. The molecule has 2 aliphatic rings. The normalized spacial score (nSPS) is 15.1. The van der Waals surface area contributed by atoms with Gasteiger partial charge in [0, 0.05) is 69.2 Å². The van der Waals surface area contributed by atoms with Gasteiger partial charge in [-0.1, -0.05) is 0 Å². The van der Waals surface area contributed by atoms with E-state index in [0.29, 0.717) is 42.1 Å². The summed E-state index contributed by atoms with van der Waals surface area (Å²) in [6.07, 6.45) is 4.08. The molecule has 0 saturated carbocycles. The first-order valence-electron chi connectivity index (χ1n) is 12.7. The maximum absolute atomic E-state index is 14.6. The molecule has 4 N–H and O–H groups in total. The zero-order valence-corrected chi connectivity index (χ0v) is 23.2. The molecule has 220 valence electrons. The van der Waals surface area contributed by atoms with Crippen molar-refractivity contribution >= 4 is 34.1 Å². The number of halogens is 1. The Morgan fingerprint density at radius 2 is 1.73 bits per heavy atom. The summed E-state index contributed by atoms with van der Waals surface area (Å²) in [5.74, 6) is -2.42. The highest BCUT2D eigenvalue weighted by molar-refractivity contribution is 6.23. The van der Waals surface area contributed by atoms with Crippen molar-refractivity contribution < 1.29 is 39.2 Å². The second kappa shape index (κ2) is 12.5. The van der Waals surface area contributed by atoms with Crippen LogP contribution < -0.4 is 10.3 Å². The van der Waals surface area contributed by atoms with Gasteiger partial charge in [-0.2, -0.15) is 0 Å². The first-order valence-corrected chi connectivity index (χ1v) is 12.7. The van der Waals surface area contributed by atoms with Gasteiger partial charge in [0.2, 0.25) is 17.0 Å². The Kier molecular flexibility index (Phi) is 9.48. The number of ketones is 2. The molecule has 0 unspecified atom stereocenters. The number of piperazine rings is 1. The molecule has 2 aromatic heterocycles. The molecular weight excluding hydrogens is 539 g/mol. The van der Waals surface area contributed by atoms with Crippen LogP contribution in [0.3, 0.4) is 0 Å². The quantitative estimate of drug-likeness (QED) is 0.457. The smallest absolute Gasteiger partial charge is 0.341 e. The van der Waals surface area contributed by atoms with Crippen molar-refractivity contribution in [3.05, 3.63) is 74.8 Å². The van der Waals surface area contributed by atoms with Gasteiger partial charge in [-0.25, -0.2) is 9.18 Å². The van der Waals surface area contributed by atoms with Crippen LogP contribution in [0.25, 0.3) is 10.9 Å². The molecule has 0 spiro atoms. The molecule has 1 aliphatic carbocycles. The number of methoxy groups -OCH3 is 1. The predicted octanol–water partition coefficient (Wildman–Crippen LogP) is 1.21. The van der Waals surface area contributed by atoms with E-state index < -0.39 is 17.2 Å². The van der Waals surface area contributed by atoms with Crippen molar-refractivity contribution in [1.82, 2.24) is 14.0 Å². The number of aliphatic hydroxyl groups is 1. The number of Topliss-reactive ketones (excluding diaryl/α,β-unsaturated/α-hetero) is 1. The summed E-state index contributed by atoms with van der Waals surface area (Å²) in [4.78, 5) is 51.4. The Bertz CT molecular complexity index is 1600. The van der Waals surface area contributed by atoms with E-state index in [9.17, 15) is 28.7 Å². The molecule has 0 amide bonds. The lowest BCUT2D eigenvalue weighted by Gasteiger charge is -2.34. The molecular formula is C28H33FN4O8. The Morgan fingerprint density at radius 3 is 2.29 bits per heavy atom. The average molecular weight is 573 g/mol. The zero-order chi connectivity index (χ0) is 29.3. The number of carboxylic acid groups (broad SMARTS) is 1. The monoisotopic (exact) mass is 572 g/mol. The maximum atomic E-state index is 14.6. The summed E-state index contributed by atoms with van der Waals surface area (Å²) >= 11 is 0. The number of ether oxygens (including phenoxy) is 1. The van der Waals surface area contributed by atoms with Crippen molar-refractivity contribution in [2.24, 2.45) is 7.05 Å². The van der Waals surface area contributed by atoms with Gasteiger partial charge in [0.15, 0.2) is 5.76 Å². The number of fused-ring (bicyclic) bond motifs is 2. The standard InChI is InChI=1S/C17H20FN3O3.C11H11NO4.H2O/c1-3-20-10-12(17(23)24)16(22)11-8-13(18)15(9-14(11)20)21-6-4-19(2)5-7-21;1-12-4-6(5-13)9-10(12)7(14)3-8(16-2)11(9)15;/h8-10H,3-7H2,1-2H3,(H,23,24);3-4,13H,5H2,1-2H3;1H2. The van der Waals surface area contributed by atoms with E-state index >= 15 is 0 Å². The number of likely N-dealkylation sites (N-methyl/N-ethyl adjacent to an activating group) is 1. The first-order chi connectivity index (χ1) is 19.0. The van der Waals surface area contributed by atoms with Gasteiger partial charge in [-0.15, -0.1) is 0 Å². The first kappa shape index (κ1) is 31.2. The third-order valence-electron chi connectivity index (χ3n) is 7.16. The van der Waals surface area contributed by atoms with Gasteiger partial charge in [-0.05, 0) is 26.1 Å². The van der Waals surface area contributed by atoms with Crippen molar-refractivity contribution in [2.45, 2.75) is 20.1 Å². The zero-order valence-electron chi connectivity index (χ0n) is 23.2. The lowest BCUT2D eigenvalue weighted by Crippen LogP contribution is -2.44. The number of aromatic carboxylic acids is 1. The average Bonchev–Trinajstić information content (AvgIpc) is 3.28. The highest BCUT2D eigenvalue weighted by atomic mass is 19.1. The number of hydrogen-bond donors (Lipinski definition) is 2. The maximum Gasteiger partial charge on any atom is 0.341 e. The number of rotatable bonds is 5. The molecule has 5 rings (SSSR count). The van der Waals surface area contributed by atoms with Crippen LogP contribution in [0, 0.1) is 5.82 Å². The molecule has 12 nitrogen and oxygen atoms in total. The van der Waals surface area contributed by atoms with Crippen LogP contribution in [0.15, 0.2) is 41.2 Å². The summed E-state index contributed by atoms with van der Waals surface area (Å²) in [6.45, 7) is 5.18. The fourth-order valence-electron chi connectivity index (χ4n) is 4.99. The molecule has 3 heterocycles. The number of aryl methyl sites for hydroxylation is 2. The van der Waals surface area contributed by atoms with Gasteiger partial charge < -0.3 is 39.4 Å². The molecule has 1 saturated heterocycles. The summed E-state index contributed by atoms with van der Waals surface area (Å²) in [5.41, 5.74) is 1.02. The van der Waals surface area contributed by atoms with Gasteiger partial charge in [0.25, 0.3) is 0 Å². The molecule has 3 aromatic rings. The highest BCUT2D eigenvalue weighted by Crippen LogP contribution is 2.27. The number of carbonyl (C=O) groups excluding carboxylic acids is 2. The number of pyridine rings is 1. The number of benzene rings is 1. The number of carbonyl (C=O) groups is 3. The fraction of sp³-hybridized carbons (Fsp3) is 0.357. The molecule has 0 atom stereocenters. The van der Waals surface area contributed by atoms with E-state index in [0.717, 1.165) is 13.1 Å². The van der Waals surface area contributed by atoms with Gasteiger partial charge in [-0.3, -0.25) is 14.4 Å². The lowest BCUT2D eigenvalue weighted by atomic mass is 9.97. The topological polar surface area (TPSA) is 166 Å². The van der Waals surface area contributed by atoms with E-state index in [4.69, 9.17) is 9.84 Å². The SMILES string of the molecule is CCn1cc(C(=O)O)c(=O)c2cc(F)c(N3CCN(C)CC3)cc21.COC1=CC(=O)c2c(c(CO)cn2C)C1=O.O. The van der Waals surface area contributed by atoms with Gasteiger partial charge in [0.05, 0.1) is 30.5 Å². The number of carboxylic acids is 1. The van der Waals surface area contributed by atoms with E-state index in [1.54, 1.807) is 28.4 Å². The summed E-state index contributed by atoms with van der Waals surface area (Å²) in [6, 6.07) is 2.83. The second-order valence-electron chi connectivity index (χ2n) is 9.63. The van der Waals surface area contributed by atoms with Crippen LogP contribution in [0.1, 0.15) is 43.7 Å². The Morgan fingerprint density at radius 1 is 1.07 bits per heavy atom. The van der Waals surface area contributed by atoms with Crippen LogP contribution in [0.2, 0.25) is 0 Å². The number of nitrogens with zero attached hydrogens (tertiary/aromatic N) is 4. The second-order valence-corrected chi connectivity index (χ2v) is 9.63. The Balaban J connectivity index is 0.000000238. The summed E-state index contributed by atoms with van der Waals surface area (Å²) in [7, 11) is 5.02.